The maximum atomic E-state index is 11.0. The summed E-state index contributed by atoms with van der Waals surface area (Å²) in [4.78, 5) is 15.1. The number of nitrogens with zero attached hydrogens (tertiary/aromatic N) is 1. The van der Waals surface area contributed by atoms with E-state index in [1.165, 1.54) is 12.5 Å². The van der Waals surface area contributed by atoms with Gasteiger partial charge in [-0.15, -0.1) is 12.4 Å². The molecule has 0 aliphatic heterocycles. The third-order valence-electron chi connectivity index (χ3n) is 3.26. The molecule has 1 aliphatic rings. The number of hydrogen-bond donors (Lipinski definition) is 1. The lowest BCUT2D eigenvalue weighted by atomic mass is 9.86. The minimum atomic E-state index is -0.993. The highest BCUT2D eigenvalue weighted by molar-refractivity contribution is 5.90. The second-order valence-corrected chi connectivity index (χ2v) is 4.77. The van der Waals surface area contributed by atoms with Crippen LogP contribution in [0.2, 0.25) is 0 Å². The van der Waals surface area contributed by atoms with Gasteiger partial charge < -0.3 is 9.84 Å². The molecule has 1 N–H and O–H groups in total. The Hall–Kier alpha value is -1.29. The molecular weight excluding hydrogens is 254 g/mol. The van der Waals surface area contributed by atoms with E-state index in [4.69, 9.17) is 9.84 Å². The number of ether oxygens (including phenoxy) is 1. The molecule has 0 bridgehead atoms. The number of carboxylic acids is 1. The number of aromatic nitrogens is 1. The van der Waals surface area contributed by atoms with Crippen molar-refractivity contribution in [1.29, 1.82) is 0 Å². The topological polar surface area (TPSA) is 59.4 Å². The van der Waals surface area contributed by atoms with Gasteiger partial charge in [-0.3, -0.25) is 0 Å². The molecule has 0 atom stereocenters. The summed E-state index contributed by atoms with van der Waals surface area (Å²) >= 11 is 0. The summed E-state index contributed by atoms with van der Waals surface area (Å²) in [5, 5.41) is 9.06. The van der Waals surface area contributed by atoms with Crippen LogP contribution in [0.15, 0.2) is 18.3 Å². The smallest absolute Gasteiger partial charge is 0.341 e. The van der Waals surface area contributed by atoms with Crippen LogP contribution in [-0.4, -0.2) is 21.7 Å². The molecule has 0 unspecified atom stereocenters. The fourth-order valence-corrected chi connectivity index (χ4v) is 2.27. The van der Waals surface area contributed by atoms with Crippen LogP contribution < -0.4 is 4.74 Å². The quantitative estimate of drug-likeness (QED) is 0.916. The number of carbonyl (C=O) groups is 1. The summed E-state index contributed by atoms with van der Waals surface area (Å²) in [6, 6.07) is 3.14. The van der Waals surface area contributed by atoms with Gasteiger partial charge in [0.15, 0.2) is 0 Å². The van der Waals surface area contributed by atoms with E-state index in [0.29, 0.717) is 0 Å². The van der Waals surface area contributed by atoms with Crippen LogP contribution in [0.25, 0.3) is 0 Å². The van der Waals surface area contributed by atoms with Crippen molar-refractivity contribution in [3.05, 3.63) is 23.9 Å². The zero-order chi connectivity index (χ0) is 12.3. The minimum Gasteiger partial charge on any atom is -0.477 e. The maximum absolute atomic E-state index is 11.0. The van der Waals surface area contributed by atoms with E-state index in [0.717, 1.165) is 25.7 Å². The van der Waals surface area contributed by atoms with E-state index in [-0.39, 0.29) is 29.5 Å². The van der Waals surface area contributed by atoms with Gasteiger partial charge in [-0.2, -0.15) is 0 Å². The Morgan fingerprint density at radius 3 is 2.67 bits per heavy atom. The van der Waals surface area contributed by atoms with E-state index in [9.17, 15) is 4.79 Å². The van der Waals surface area contributed by atoms with Crippen LogP contribution in [0.4, 0.5) is 0 Å². The molecule has 1 heterocycles. The summed E-state index contributed by atoms with van der Waals surface area (Å²) in [7, 11) is 0. The van der Waals surface area contributed by atoms with Crippen LogP contribution in [-0.2, 0) is 0 Å². The van der Waals surface area contributed by atoms with E-state index in [1.54, 1.807) is 12.3 Å². The highest BCUT2D eigenvalue weighted by Gasteiger charge is 2.30. The van der Waals surface area contributed by atoms with Crippen LogP contribution in [0.3, 0.4) is 0 Å². The molecule has 0 radical (unpaired) electrons. The predicted molar refractivity (Wildman–Crippen MR) is 70.6 cm³/mol. The number of carboxylic acid groups (broad SMARTS) is 1. The van der Waals surface area contributed by atoms with Gasteiger partial charge in [-0.1, -0.05) is 6.42 Å². The minimum absolute atomic E-state index is 0. The standard InChI is InChI=1S/C13H17NO3.ClH/c1-13(7-3-2-4-8-13)17-11-10(12(15)16)6-5-9-14-11;/h5-6,9H,2-4,7-8H2,1H3,(H,15,16);1H. The highest BCUT2D eigenvalue weighted by Crippen LogP contribution is 2.32. The molecular formula is C13H18ClNO3. The number of aromatic carboxylic acids is 1. The zero-order valence-corrected chi connectivity index (χ0v) is 11.2. The molecule has 0 amide bonds. The lowest BCUT2D eigenvalue weighted by molar-refractivity contribution is 0.0410. The molecule has 100 valence electrons. The summed E-state index contributed by atoms with van der Waals surface area (Å²) < 4.78 is 5.84. The molecule has 1 aliphatic carbocycles. The van der Waals surface area contributed by atoms with Crippen molar-refractivity contribution in [3.8, 4) is 5.88 Å². The third kappa shape index (κ3) is 3.35. The van der Waals surface area contributed by atoms with Crippen molar-refractivity contribution in [2.24, 2.45) is 0 Å². The lowest BCUT2D eigenvalue weighted by Gasteiger charge is -2.33. The van der Waals surface area contributed by atoms with Gasteiger partial charge in [0.1, 0.15) is 11.2 Å². The Balaban J connectivity index is 0.00000162. The van der Waals surface area contributed by atoms with Gasteiger partial charge in [0.05, 0.1) is 0 Å². The van der Waals surface area contributed by atoms with Crippen molar-refractivity contribution in [2.45, 2.75) is 44.6 Å². The number of hydrogen-bond acceptors (Lipinski definition) is 3. The highest BCUT2D eigenvalue weighted by atomic mass is 35.5. The van der Waals surface area contributed by atoms with E-state index in [2.05, 4.69) is 4.98 Å². The second-order valence-electron chi connectivity index (χ2n) is 4.77. The Labute approximate surface area is 113 Å². The van der Waals surface area contributed by atoms with Gasteiger partial charge in [0.25, 0.3) is 0 Å². The predicted octanol–water partition coefficient (Wildman–Crippen LogP) is 3.30. The van der Waals surface area contributed by atoms with Gasteiger partial charge in [-0.25, -0.2) is 9.78 Å². The number of pyridine rings is 1. The number of rotatable bonds is 3. The first-order valence-corrected chi connectivity index (χ1v) is 5.98. The molecule has 0 spiro atoms. The molecule has 4 nitrogen and oxygen atoms in total. The largest absolute Gasteiger partial charge is 0.477 e. The number of halogens is 1. The van der Waals surface area contributed by atoms with E-state index in [1.807, 2.05) is 6.92 Å². The first-order chi connectivity index (χ1) is 8.11. The van der Waals surface area contributed by atoms with Gasteiger partial charge >= 0.3 is 5.97 Å². The molecule has 0 aromatic carbocycles. The fourth-order valence-electron chi connectivity index (χ4n) is 2.27. The normalized spacial score (nSPS) is 17.6. The first-order valence-electron chi connectivity index (χ1n) is 5.98. The second kappa shape index (κ2) is 6.05. The van der Waals surface area contributed by atoms with Gasteiger partial charge in [-0.05, 0) is 44.7 Å². The molecule has 18 heavy (non-hydrogen) atoms. The average molecular weight is 272 g/mol. The summed E-state index contributed by atoms with van der Waals surface area (Å²) in [6.07, 6.45) is 6.98. The van der Waals surface area contributed by atoms with Crippen molar-refractivity contribution in [1.82, 2.24) is 4.98 Å². The molecule has 1 aromatic heterocycles. The van der Waals surface area contributed by atoms with E-state index < -0.39 is 5.97 Å². The average Bonchev–Trinajstić information content (AvgIpc) is 2.29. The SMILES string of the molecule is CC1(Oc2ncccc2C(=O)O)CCCCC1.Cl. The Morgan fingerprint density at radius 1 is 1.39 bits per heavy atom. The zero-order valence-electron chi connectivity index (χ0n) is 10.4. The molecule has 1 aromatic rings. The molecule has 5 heteroatoms. The van der Waals surface area contributed by atoms with Crippen LogP contribution >= 0.6 is 12.4 Å². The van der Waals surface area contributed by atoms with Crippen LogP contribution in [0.1, 0.15) is 49.4 Å². The summed E-state index contributed by atoms with van der Waals surface area (Å²) in [6.45, 7) is 2.03. The fraction of sp³-hybridized carbons (Fsp3) is 0.538. The van der Waals surface area contributed by atoms with Gasteiger partial charge in [0.2, 0.25) is 5.88 Å². The van der Waals surface area contributed by atoms with Gasteiger partial charge in [0, 0.05) is 6.20 Å². The molecule has 0 saturated heterocycles. The van der Waals surface area contributed by atoms with Crippen molar-refractivity contribution < 1.29 is 14.6 Å². The summed E-state index contributed by atoms with van der Waals surface area (Å²) in [5.41, 5.74) is -0.129. The third-order valence-corrected chi connectivity index (χ3v) is 3.26. The van der Waals surface area contributed by atoms with Crippen molar-refractivity contribution >= 4 is 18.4 Å². The Morgan fingerprint density at radius 2 is 2.06 bits per heavy atom. The summed E-state index contributed by atoms with van der Waals surface area (Å²) in [5.74, 6) is -0.753. The van der Waals surface area contributed by atoms with Crippen molar-refractivity contribution in [2.75, 3.05) is 0 Å². The van der Waals surface area contributed by atoms with Crippen molar-refractivity contribution in [3.63, 3.8) is 0 Å². The monoisotopic (exact) mass is 271 g/mol. The first kappa shape index (κ1) is 14.8. The van der Waals surface area contributed by atoms with E-state index >= 15 is 0 Å². The van der Waals surface area contributed by atoms with Crippen LogP contribution in [0, 0.1) is 0 Å². The Kier molecular flexibility index (Phi) is 4.96. The molecule has 1 saturated carbocycles. The molecule has 1 fully saturated rings. The molecule has 2 rings (SSSR count). The van der Waals surface area contributed by atoms with Crippen LogP contribution in [0.5, 0.6) is 5.88 Å². The lowest BCUT2D eigenvalue weighted by Crippen LogP contribution is -2.35. The maximum Gasteiger partial charge on any atom is 0.341 e. The Bertz CT molecular complexity index is 416.